The van der Waals surface area contributed by atoms with E-state index in [2.05, 4.69) is 45.5 Å². The van der Waals surface area contributed by atoms with Gasteiger partial charge in [0.05, 0.1) is 0 Å². The fourth-order valence-electron chi connectivity index (χ4n) is 3.06. The highest BCUT2D eigenvalue weighted by atomic mass is 15.3. The average molecular weight is 256 g/mol. The lowest BCUT2D eigenvalue weighted by molar-refractivity contribution is 0.133. The van der Waals surface area contributed by atoms with E-state index in [-0.39, 0.29) is 0 Å². The van der Waals surface area contributed by atoms with Gasteiger partial charge in [0.1, 0.15) is 0 Å². The smallest absolute Gasteiger partial charge is 0.0218 e. The predicted molar refractivity (Wildman–Crippen MR) is 82.6 cm³/mol. The molecule has 2 N–H and O–H groups in total. The van der Waals surface area contributed by atoms with E-state index < -0.39 is 0 Å². The second kappa shape index (κ2) is 9.80. The molecule has 0 heterocycles. The minimum absolute atomic E-state index is 0.478. The summed E-state index contributed by atoms with van der Waals surface area (Å²) in [5, 5.41) is 0. The molecule has 0 aliphatic heterocycles. The van der Waals surface area contributed by atoms with Crippen LogP contribution in [0.4, 0.5) is 0 Å². The zero-order chi connectivity index (χ0) is 14.0. The monoisotopic (exact) mass is 256 g/mol. The minimum atomic E-state index is 0.478. The van der Waals surface area contributed by atoms with Crippen LogP contribution in [0, 0.1) is 11.3 Å². The number of nitrogens with one attached hydrogen (secondary N) is 2. The van der Waals surface area contributed by atoms with E-state index in [1.807, 2.05) is 7.05 Å². The molecule has 0 rings (SSSR count). The molecule has 18 heavy (non-hydrogen) atoms. The zero-order valence-electron chi connectivity index (χ0n) is 13.6. The van der Waals surface area contributed by atoms with Gasteiger partial charge in [0, 0.05) is 6.04 Å². The molecule has 3 unspecified atom stereocenters. The van der Waals surface area contributed by atoms with E-state index in [0.717, 1.165) is 5.92 Å². The highest BCUT2D eigenvalue weighted by Gasteiger charge is 2.31. The standard InChI is InChI=1S/C16H36N2/c1-7-10-11-15(18-17-6)13-16(5,12-8-2)14(4)9-3/h14-15,17-18H,7-13H2,1-6H3. The van der Waals surface area contributed by atoms with Crippen molar-refractivity contribution in [3.05, 3.63) is 0 Å². The number of hydrogen-bond donors (Lipinski definition) is 2. The summed E-state index contributed by atoms with van der Waals surface area (Å²) in [4.78, 5) is 0. The van der Waals surface area contributed by atoms with Gasteiger partial charge in [-0.2, -0.15) is 0 Å². The second-order valence-electron chi connectivity index (χ2n) is 6.15. The van der Waals surface area contributed by atoms with Gasteiger partial charge >= 0.3 is 0 Å². The molecule has 2 nitrogen and oxygen atoms in total. The van der Waals surface area contributed by atoms with Crippen LogP contribution in [0.5, 0.6) is 0 Å². The van der Waals surface area contributed by atoms with Crippen LogP contribution in [0.1, 0.15) is 79.6 Å². The third kappa shape index (κ3) is 6.19. The maximum absolute atomic E-state index is 3.46. The lowest BCUT2D eigenvalue weighted by Crippen LogP contribution is -2.43. The van der Waals surface area contributed by atoms with Crippen LogP contribution < -0.4 is 10.9 Å². The first-order valence-electron chi connectivity index (χ1n) is 7.96. The van der Waals surface area contributed by atoms with Crippen molar-refractivity contribution in [1.82, 2.24) is 10.9 Å². The van der Waals surface area contributed by atoms with Crippen molar-refractivity contribution >= 4 is 0 Å². The van der Waals surface area contributed by atoms with E-state index in [0.29, 0.717) is 11.5 Å². The first-order chi connectivity index (χ1) is 8.53. The Morgan fingerprint density at radius 3 is 2.22 bits per heavy atom. The molecule has 0 aliphatic carbocycles. The first-order valence-corrected chi connectivity index (χ1v) is 7.96. The predicted octanol–water partition coefficient (Wildman–Crippen LogP) is 4.51. The van der Waals surface area contributed by atoms with E-state index in [1.54, 1.807) is 0 Å². The van der Waals surface area contributed by atoms with E-state index in [9.17, 15) is 0 Å². The van der Waals surface area contributed by atoms with Crippen molar-refractivity contribution in [2.45, 2.75) is 85.6 Å². The maximum atomic E-state index is 3.46. The van der Waals surface area contributed by atoms with E-state index >= 15 is 0 Å². The van der Waals surface area contributed by atoms with Crippen molar-refractivity contribution in [2.24, 2.45) is 11.3 Å². The molecule has 0 saturated carbocycles. The van der Waals surface area contributed by atoms with Crippen LogP contribution in [0.15, 0.2) is 0 Å². The summed E-state index contributed by atoms with van der Waals surface area (Å²) in [5.74, 6) is 0.806. The Hall–Kier alpha value is -0.0800. The third-order valence-electron chi connectivity index (χ3n) is 4.59. The Labute approximate surface area is 115 Å². The zero-order valence-corrected chi connectivity index (χ0v) is 13.6. The highest BCUT2D eigenvalue weighted by Crippen LogP contribution is 2.39. The molecule has 0 aromatic carbocycles. The lowest BCUT2D eigenvalue weighted by Gasteiger charge is -2.38. The molecule has 0 amide bonds. The van der Waals surface area contributed by atoms with Crippen LogP contribution in [-0.2, 0) is 0 Å². The van der Waals surface area contributed by atoms with Crippen LogP contribution in [-0.4, -0.2) is 13.1 Å². The van der Waals surface area contributed by atoms with E-state index in [1.165, 1.54) is 44.9 Å². The van der Waals surface area contributed by atoms with Gasteiger partial charge in [0.2, 0.25) is 0 Å². The summed E-state index contributed by atoms with van der Waals surface area (Å²) in [6, 6.07) is 0.612. The second-order valence-corrected chi connectivity index (χ2v) is 6.15. The quantitative estimate of drug-likeness (QED) is 0.531. The number of unbranched alkanes of at least 4 members (excludes halogenated alkanes) is 1. The summed E-state index contributed by atoms with van der Waals surface area (Å²) in [5.41, 5.74) is 7.09. The Balaban J connectivity index is 4.57. The molecule has 0 aromatic heterocycles. The molecule has 110 valence electrons. The largest absolute Gasteiger partial charge is 0.261 e. The number of hydrazine groups is 1. The average Bonchev–Trinajstić information content (AvgIpc) is 2.35. The Morgan fingerprint density at radius 2 is 1.78 bits per heavy atom. The molecular formula is C16H36N2. The van der Waals surface area contributed by atoms with Crippen LogP contribution in [0.2, 0.25) is 0 Å². The van der Waals surface area contributed by atoms with E-state index in [4.69, 9.17) is 0 Å². The third-order valence-corrected chi connectivity index (χ3v) is 4.59. The van der Waals surface area contributed by atoms with Crippen molar-refractivity contribution in [1.29, 1.82) is 0 Å². The van der Waals surface area contributed by atoms with Gasteiger partial charge in [-0.15, -0.1) is 0 Å². The van der Waals surface area contributed by atoms with Gasteiger partial charge in [0.25, 0.3) is 0 Å². The number of hydrogen-bond acceptors (Lipinski definition) is 2. The fourth-order valence-corrected chi connectivity index (χ4v) is 3.06. The highest BCUT2D eigenvalue weighted by molar-refractivity contribution is 4.84. The Morgan fingerprint density at radius 1 is 1.11 bits per heavy atom. The van der Waals surface area contributed by atoms with Gasteiger partial charge in [-0.25, -0.2) is 0 Å². The normalized spacial score (nSPS) is 18.3. The Bertz CT molecular complexity index is 194. The lowest BCUT2D eigenvalue weighted by atomic mass is 9.69. The number of rotatable bonds is 11. The van der Waals surface area contributed by atoms with Crippen molar-refractivity contribution < 1.29 is 0 Å². The molecule has 0 aliphatic rings. The Kier molecular flexibility index (Phi) is 9.76. The summed E-state index contributed by atoms with van der Waals surface area (Å²) in [6.07, 6.45) is 9.11. The summed E-state index contributed by atoms with van der Waals surface area (Å²) in [6.45, 7) is 11.8. The van der Waals surface area contributed by atoms with Gasteiger partial charge < -0.3 is 0 Å². The minimum Gasteiger partial charge on any atom is -0.261 e. The van der Waals surface area contributed by atoms with Gasteiger partial charge in [0.15, 0.2) is 0 Å². The van der Waals surface area contributed by atoms with Crippen LogP contribution in [0.3, 0.4) is 0 Å². The molecule has 0 aromatic rings. The van der Waals surface area contributed by atoms with Gasteiger partial charge in [-0.05, 0) is 37.6 Å². The fraction of sp³-hybridized carbons (Fsp3) is 1.00. The summed E-state index contributed by atoms with van der Waals surface area (Å²) >= 11 is 0. The summed E-state index contributed by atoms with van der Waals surface area (Å²) < 4.78 is 0. The van der Waals surface area contributed by atoms with Crippen LogP contribution in [0.25, 0.3) is 0 Å². The first kappa shape index (κ1) is 17.9. The molecule has 2 heteroatoms. The summed E-state index contributed by atoms with van der Waals surface area (Å²) in [7, 11) is 1.99. The van der Waals surface area contributed by atoms with Crippen molar-refractivity contribution in [3.63, 3.8) is 0 Å². The molecule has 0 bridgehead atoms. The van der Waals surface area contributed by atoms with Crippen LogP contribution >= 0.6 is 0 Å². The maximum Gasteiger partial charge on any atom is 0.0218 e. The van der Waals surface area contributed by atoms with Crippen molar-refractivity contribution in [2.75, 3.05) is 7.05 Å². The molecule has 0 fully saturated rings. The topological polar surface area (TPSA) is 24.1 Å². The van der Waals surface area contributed by atoms with Gasteiger partial charge in [-0.3, -0.25) is 10.9 Å². The molecule has 3 atom stereocenters. The molecular weight excluding hydrogens is 220 g/mol. The van der Waals surface area contributed by atoms with Crippen molar-refractivity contribution in [3.8, 4) is 0 Å². The SMILES string of the molecule is CCCCC(CC(C)(CCC)C(C)CC)NNC. The molecule has 0 saturated heterocycles. The van der Waals surface area contributed by atoms with Gasteiger partial charge in [-0.1, -0.05) is 60.3 Å². The molecule has 0 radical (unpaired) electrons. The molecule has 0 spiro atoms.